The molecular weight excluding hydrogens is 168 g/mol. The SMILES string of the molecule is COC(=O)CCC(=O)C(C)Cl. The summed E-state index contributed by atoms with van der Waals surface area (Å²) >= 11 is 5.45. The lowest BCUT2D eigenvalue weighted by molar-refractivity contribution is -0.141. The molecule has 0 bridgehead atoms. The van der Waals surface area contributed by atoms with E-state index in [9.17, 15) is 9.59 Å². The fourth-order valence-electron chi connectivity index (χ4n) is 0.526. The highest BCUT2D eigenvalue weighted by atomic mass is 35.5. The van der Waals surface area contributed by atoms with Crippen molar-refractivity contribution >= 4 is 23.4 Å². The van der Waals surface area contributed by atoms with Crippen molar-refractivity contribution in [3.05, 3.63) is 0 Å². The molecule has 0 aliphatic carbocycles. The van der Waals surface area contributed by atoms with Crippen LogP contribution in [0.5, 0.6) is 0 Å². The fourth-order valence-corrected chi connectivity index (χ4v) is 0.635. The topological polar surface area (TPSA) is 43.4 Å². The summed E-state index contributed by atoms with van der Waals surface area (Å²) in [7, 11) is 1.29. The van der Waals surface area contributed by atoms with Crippen molar-refractivity contribution in [2.24, 2.45) is 0 Å². The average Bonchev–Trinajstić information content (AvgIpc) is 1.99. The average molecular weight is 179 g/mol. The van der Waals surface area contributed by atoms with Gasteiger partial charge in [-0.2, -0.15) is 0 Å². The van der Waals surface area contributed by atoms with Crippen LogP contribution in [0.1, 0.15) is 19.8 Å². The predicted molar refractivity (Wildman–Crippen MR) is 41.6 cm³/mol. The molecule has 4 heteroatoms. The molecule has 0 aromatic carbocycles. The first-order valence-electron chi connectivity index (χ1n) is 3.31. The largest absolute Gasteiger partial charge is 0.469 e. The van der Waals surface area contributed by atoms with E-state index in [-0.39, 0.29) is 24.6 Å². The van der Waals surface area contributed by atoms with Gasteiger partial charge in [-0.15, -0.1) is 11.6 Å². The van der Waals surface area contributed by atoms with Crippen molar-refractivity contribution in [1.82, 2.24) is 0 Å². The molecule has 0 aliphatic rings. The first kappa shape index (κ1) is 10.4. The molecule has 0 radical (unpaired) electrons. The Labute approximate surface area is 70.7 Å². The molecule has 11 heavy (non-hydrogen) atoms. The van der Waals surface area contributed by atoms with E-state index in [0.29, 0.717) is 0 Å². The van der Waals surface area contributed by atoms with Crippen molar-refractivity contribution in [2.75, 3.05) is 7.11 Å². The van der Waals surface area contributed by atoms with Crippen LogP contribution in [0.4, 0.5) is 0 Å². The number of halogens is 1. The van der Waals surface area contributed by atoms with Crippen LogP contribution in [0.15, 0.2) is 0 Å². The van der Waals surface area contributed by atoms with Crippen LogP contribution in [0.3, 0.4) is 0 Å². The van der Waals surface area contributed by atoms with Crippen LogP contribution in [0.2, 0.25) is 0 Å². The summed E-state index contributed by atoms with van der Waals surface area (Å²) in [4.78, 5) is 21.3. The van der Waals surface area contributed by atoms with Crippen LogP contribution in [-0.2, 0) is 14.3 Å². The van der Waals surface area contributed by atoms with Crippen molar-refractivity contribution in [3.8, 4) is 0 Å². The monoisotopic (exact) mass is 178 g/mol. The zero-order chi connectivity index (χ0) is 8.85. The molecule has 0 N–H and O–H groups in total. The molecular formula is C7H11ClO3. The lowest BCUT2D eigenvalue weighted by Gasteiger charge is -2.00. The number of Topliss-reactive ketones (excluding diaryl/α,β-unsaturated/α-hetero) is 1. The highest BCUT2D eigenvalue weighted by Crippen LogP contribution is 2.02. The van der Waals surface area contributed by atoms with Crippen molar-refractivity contribution in [1.29, 1.82) is 0 Å². The smallest absolute Gasteiger partial charge is 0.305 e. The highest BCUT2D eigenvalue weighted by molar-refractivity contribution is 6.30. The molecule has 0 saturated heterocycles. The molecule has 3 nitrogen and oxygen atoms in total. The van der Waals surface area contributed by atoms with Gasteiger partial charge in [0.15, 0.2) is 5.78 Å². The number of ketones is 1. The maximum atomic E-state index is 10.8. The Morgan fingerprint density at radius 1 is 1.45 bits per heavy atom. The van der Waals surface area contributed by atoms with Crippen LogP contribution in [0.25, 0.3) is 0 Å². The van der Waals surface area contributed by atoms with Crippen molar-refractivity contribution in [2.45, 2.75) is 25.1 Å². The molecule has 1 unspecified atom stereocenters. The number of carbonyl (C=O) groups excluding carboxylic acids is 2. The van der Waals surface area contributed by atoms with Crippen LogP contribution >= 0.6 is 11.6 Å². The summed E-state index contributed by atoms with van der Waals surface area (Å²) in [5, 5.41) is -0.514. The van der Waals surface area contributed by atoms with Gasteiger partial charge in [0.25, 0.3) is 0 Å². The molecule has 64 valence electrons. The number of alkyl halides is 1. The number of methoxy groups -OCH3 is 1. The summed E-state index contributed by atoms with van der Waals surface area (Å²) in [5.41, 5.74) is 0. The Kier molecular flexibility index (Phi) is 4.86. The third kappa shape index (κ3) is 4.79. The number of carbonyl (C=O) groups is 2. The van der Waals surface area contributed by atoms with E-state index < -0.39 is 5.38 Å². The van der Waals surface area contributed by atoms with E-state index in [2.05, 4.69) is 4.74 Å². The van der Waals surface area contributed by atoms with Crippen LogP contribution in [0, 0.1) is 0 Å². The minimum Gasteiger partial charge on any atom is -0.469 e. The molecule has 0 saturated carbocycles. The highest BCUT2D eigenvalue weighted by Gasteiger charge is 2.11. The minimum absolute atomic E-state index is 0.117. The predicted octanol–water partition coefficient (Wildman–Crippen LogP) is 1.14. The van der Waals surface area contributed by atoms with Gasteiger partial charge in [0, 0.05) is 6.42 Å². The van der Waals surface area contributed by atoms with Gasteiger partial charge in [0.1, 0.15) is 0 Å². The van der Waals surface area contributed by atoms with Gasteiger partial charge in [0.2, 0.25) is 0 Å². The van der Waals surface area contributed by atoms with Crippen LogP contribution in [-0.4, -0.2) is 24.2 Å². The Bertz CT molecular complexity index is 154. The van der Waals surface area contributed by atoms with Gasteiger partial charge in [-0.1, -0.05) is 0 Å². The maximum absolute atomic E-state index is 10.8. The summed E-state index contributed by atoms with van der Waals surface area (Å²) in [6.45, 7) is 1.58. The van der Waals surface area contributed by atoms with Crippen molar-refractivity contribution in [3.63, 3.8) is 0 Å². The molecule has 1 atom stereocenters. The van der Waals surface area contributed by atoms with E-state index in [4.69, 9.17) is 11.6 Å². The molecule has 0 aliphatic heterocycles. The molecule has 0 rings (SSSR count). The van der Waals surface area contributed by atoms with Gasteiger partial charge in [-0.3, -0.25) is 9.59 Å². The Hall–Kier alpha value is -0.570. The minimum atomic E-state index is -0.514. The summed E-state index contributed by atoms with van der Waals surface area (Å²) in [5.74, 6) is -0.507. The Morgan fingerprint density at radius 2 is 2.00 bits per heavy atom. The second-order valence-corrected chi connectivity index (χ2v) is 2.81. The Balaban J connectivity index is 3.54. The number of rotatable bonds is 4. The molecule has 0 fully saturated rings. The summed E-state index contributed by atoms with van der Waals surface area (Å²) in [6.07, 6.45) is 0.281. The second kappa shape index (κ2) is 5.13. The first-order chi connectivity index (χ1) is 5.07. The summed E-state index contributed by atoms with van der Waals surface area (Å²) in [6, 6.07) is 0. The molecule has 0 heterocycles. The molecule has 0 amide bonds. The number of esters is 1. The first-order valence-corrected chi connectivity index (χ1v) is 3.75. The van der Waals surface area contributed by atoms with E-state index in [1.54, 1.807) is 6.92 Å². The lowest BCUT2D eigenvalue weighted by atomic mass is 10.2. The maximum Gasteiger partial charge on any atom is 0.305 e. The van der Waals surface area contributed by atoms with Gasteiger partial charge in [0.05, 0.1) is 18.9 Å². The fraction of sp³-hybridized carbons (Fsp3) is 0.714. The number of hydrogen-bond donors (Lipinski definition) is 0. The van der Waals surface area contributed by atoms with E-state index in [1.165, 1.54) is 7.11 Å². The lowest BCUT2D eigenvalue weighted by Crippen LogP contribution is -2.12. The standard InChI is InChI=1S/C7H11ClO3/c1-5(8)6(9)3-4-7(10)11-2/h5H,3-4H2,1-2H3. The van der Waals surface area contributed by atoms with Gasteiger partial charge in [-0.05, 0) is 6.92 Å². The number of ether oxygens (including phenoxy) is 1. The third-order valence-corrected chi connectivity index (χ3v) is 1.49. The van der Waals surface area contributed by atoms with E-state index >= 15 is 0 Å². The van der Waals surface area contributed by atoms with E-state index in [1.807, 2.05) is 0 Å². The normalized spacial score (nSPS) is 12.3. The quantitative estimate of drug-likeness (QED) is 0.479. The van der Waals surface area contributed by atoms with Crippen molar-refractivity contribution < 1.29 is 14.3 Å². The zero-order valence-corrected chi connectivity index (χ0v) is 7.35. The number of hydrogen-bond acceptors (Lipinski definition) is 3. The van der Waals surface area contributed by atoms with Gasteiger partial charge < -0.3 is 4.74 Å². The molecule has 0 spiro atoms. The van der Waals surface area contributed by atoms with Crippen LogP contribution < -0.4 is 0 Å². The Morgan fingerprint density at radius 3 is 2.36 bits per heavy atom. The van der Waals surface area contributed by atoms with E-state index in [0.717, 1.165) is 0 Å². The van der Waals surface area contributed by atoms with Gasteiger partial charge in [-0.25, -0.2) is 0 Å². The second-order valence-electron chi connectivity index (χ2n) is 2.16. The summed E-state index contributed by atoms with van der Waals surface area (Å²) < 4.78 is 4.35. The zero-order valence-electron chi connectivity index (χ0n) is 6.59. The third-order valence-electron chi connectivity index (χ3n) is 1.25. The molecule has 0 aromatic heterocycles. The van der Waals surface area contributed by atoms with Gasteiger partial charge >= 0.3 is 5.97 Å². The molecule has 0 aromatic rings.